The molecule has 0 bridgehead atoms. The molecule has 0 atom stereocenters. The third-order valence-corrected chi connectivity index (χ3v) is 8.25. The summed E-state index contributed by atoms with van der Waals surface area (Å²) in [5.41, 5.74) is 3.05. The van der Waals surface area contributed by atoms with Crippen LogP contribution in [0.25, 0.3) is 0 Å². The fourth-order valence-electron chi connectivity index (χ4n) is 2.13. The van der Waals surface area contributed by atoms with Gasteiger partial charge in [0.25, 0.3) is 0 Å². The predicted molar refractivity (Wildman–Crippen MR) is 85.1 cm³/mol. The number of nitrogens with zero attached hydrogens (tertiary/aromatic N) is 2. The topological polar surface area (TPSA) is 18.5 Å². The van der Waals surface area contributed by atoms with Gasteiger partial charge in [-0.05, 0) is 0 Å². The Morgan fingerprint density at radius 1 is 1.15 bits per heavy atom. The number of hydrogen-bond donors (Lipinski definition) is 1. The van der Waals surface area contributed by atoms with Gasteiger partial charge < -0.3 is 0 Å². The second kappa shape index (κ2) is 7.17. The van der Waals surface area contributed by atoms with Crippen molar-refractivity contribution in [2.24, 2.45) is 0 Å². The van der Waals surface area contributed by atoms with Gasteiger partial charge in [-0.2, -0.15) is 0 Å². The van der Waals surface area contributed by atoms with E-state index in [1.54, 1.807) is 3.96 Å². The van der Waals surface area contributed by atoms with Crippen LogP contribution in [0.2, 0.25) is 0 Å². The minimum absolute atomic E-state index is 0.163. The van der Waals surface area contributed by atoms with E-state index in [1.807, 2.05) is 0 Å². The van der Waals surface area contributed by atoms with E-state index in [1.165, 1.54) is 11.1 Å². The Labute approximate surface area is 131 Å². The SMILES string of the molecule is CC(CNC(C)(C)C)=C1C=CC=[C]1[Mo]([N](C)C)[N](C)C. The summed E-state index contributed by atoms with van der Waals surface area (Å²) in [5, 5.41) is 3.59. The normalized spacial score (nSPS) is 18.4. The van der Waals surface area contributed by atoms with Crippen molar-refractivity contribution in [1.29, 1.82) is 0 Å². The molecular weight excluding hydrogens is 330 g/mol. The third-order valence-electron chi connectivity index (χ3n) is 3.01. The summed E-state index contributed by atoms with van der Waals surface area (Å²) in [6, 6.07) is 0. The molecule has 115 valence electrons. The maximum atomic E-state index is 3.59. The maximum absolute atomic E-state index is 3.59. The van der Waals surface area contributed by atoms with Crippen LogP contribution in [-0.4, -0.2) is 47.2 Å². The van der Waals surface area contributed by atoms with Crippen molar-refractivity contribution in [2.75, 3.05) is 34.7 Å². The Balaban J connectivity index is 2.94. The van der Waals surface area contributed by atoms with Crippen molar-refractivity contribution in [2.45, 2.75) is 33.2 Å². The first-order chi connectivity index (χ1) is 9.13. The van der Waals surface area contributed by atoms with Gasteiger partial charge in [-0.15, -0.1) is 0 Å². The van der Waals surface area contributed by atoms with Gasteiger partial charge >= 0.3 is 131 Å². The van der Waals surface area contributed by atoms with Gasteiger partial charge in [0.1, 0.15) is 0 Å². The van der Waals surface area contributed by atoms with Crippen LogP contribution >= 0.6 is 0 Å². The van der Waals surface area contributed by atoms with Gasteiger partial charge in [0.05, 0.1) is 0 Å². The minimum atomic E-state index is -1.58. The van der Waals surface area contributed by atoms with Crippen LogP contribution in [0.5, 0.6) is 0 Å². The summed E-state index contributed by atoms with van der Waals surface area (Å²) in [5.74, 6) is 0. The van der Waals surface area contributed by atoms with Crippen LogP contribution < -0.4 is 5.32 Å². The molecule has 0 amide bonds. The molecule has 0 heterocycles. The average Bonchev–Trinajstić information content (AvgIpc) is 2.72. The van der Waals surface area contributed by atoms with E-state index < -0.39 is 17.8 Å². The van der Waals surface area contributed by atoms with Crippen molar-refractivity contribution in [3.63, 3.8) is 0 Å². The van der Waals surface area contributed by atoms with E-state index in [4.69, 9.17) is 0 Å². The molecule has 1 aliphatic carbocycles. The van der Waals surface area contributed by atoms with E-state index in [9.17, 15) is 0 Å². The molecule has 1 aliphatic rings. The van der Waals surface area contributed by atoms with Gasteiger partial charge in [0.2, 0.25) is 0 Å². The van der Waals surface area contributed by atoms with Crippen molar-refractivity contribution >= 4 is 0 Å². The van der Waals surface area contributed by atoms with Crippen LogP contribution in [0, 0.1) is 0 Å². The van der Waals surface area contributed by atoms with Crippen molar-refractivity contribution < 1.29 is 17.8 Å². The Morgan fingerprint density at radius 3 is 2.15 bits per heavy atom. The fraction of sp³-hybridized carbons (Fsp3) is 0.625. The summed E-state index contributed by atoms with van der Waals surface area (Å²) >= 11 is -1.58. The fourth-order valence-corrected chi connectivity index (χ4v) is 7.24. The molecule has 0 aliphatic heterocycles. The van der Waals surface area contributed by atoms with Crippen molar-refractivity contribution in [3.05, 3.63) is 33.3 Å². The Morgan fingerprint density at radius 2 is 1.70 bits per heavy atom. The van der Waals surface area contributed by atoms with E-state index >= 15 is 0 Å². The molecule has 1 rings (SSSR count). The standard InChI is InChI=1S/C12H18N.2C2H6N.Mo/c1-10(9-13-12(2,3)4)11-7-5-6-8-11;2*1-3-2;/h5-7,13H,9H2,1-4H3;2*1-2H3;/q;2*-1;+2. The molecule has 0 spiro atoms. The number of rotatable bonds is 5. The van der Waals surface area contributed by atoms with E-state index in [-0.39, 0.29) is 5.54 Å². The molecule has 20 heavy (non-hydrogen) atoms. The summed E-state index contributed by atoms with van der Waals surface area (Å²) in [7, 11) is 8.82. The first-order valence-corrected chi connectivity index (χ1v) is 9.86. The molecule has 0 unspecified atom stereocenters. The average molecular weight is 360 g/mol. The molecule has 4 heteroatoms. The second-order valence-electron chi connectivity index (χ2n) is 6.58. The molecule has 0 fully saturated rings. The molecule has 0 saturated heterocycles. The number of nitrogens with one attached hydrogen (secondary N) is 1. The van der Waals surface area contributed by atoms with Gasteiger partial charge in [0, 0.05) is 0 Å². The van der Waals surface area contributed by atoms with Gasteiger partial charge in [-0.1, -0.05) is 0 Å². The third kappa shape index (κ3) is 4.96. The predicted octanol–water partition coefficient (Wildman–Crippen LogP) is 2.72. The molecule has 0 aromatic heterocycles. The molecule has 0 aromatic carbocycles. The summed E-state index contributed by atoms with van der Waals surface area (Å²) in [6.45, 7) is 9.84. The van der Waals surface area contributed by atoms with E-state index in [0.29, 0.717) is 0 Å². The van der Waals surface area contributed by atoms with Gasteiger partial charge in [0.15, 0.2) is 0 Å². The van der Waals surface area contributed by atoms with Gasteiger partial charge in [-0.25, -0.2) is 0 Å². The van der Waals surface area contributed by atoms with Crippen LogP contribution in [-0.2, 0) is 17.8 Å². The first kappa shape index (κ1) is 17.8. The Bertz CT molecular complexity index is 417. The van der Waals surface area contributed by atoms with E-state index in [2.05, 4.69) is 86.3 Å². The Hall–Kier alpha value is -0.212. The quantitative estimate of drug-likeness (QED) is 0.761. The molecule has 3 nitrogen and oxygen atoms in total. The van der Waals surface area contributed by atoms with Crippen LogP contribution in [0.15, 0.2) is 33.3 Å². The zero-order valence-corrected chi connectivity index (χ0v) is 16.2. The van der Waals surface area contributed by atoms with Crippen LogP contribution in [0.4, 0.5) is 0 Å². The Kier molecular flexibility index (Phi) is 6.40. The van der Waals surface area contributed by atoms with Crippen molar-refractivity contribution in [1.82, 2.24) is 12.2 Å². The summed E-state index contributed by atoms with van der Waals surface area (Å²) in [6.07, 6.45) is 6.79. The first-order valence-electron chi connectivity index (χ1n) is 7.06. The van der Waals surface area contributed by atoms with E-state index in [0.717, 1.165) is 6.54 Å². The second-order valence-corrected chi connectivity index (χ2v) is 12.5. The molecule has 0 aromatic rings. The number of allylic oxidation sites excluding steroid dienone is 5. The summed E-state index contributed by atoms with van der Waals surface area (Å²) < 4.78 is 6.40. The monoisotopic (exact) mass is 362 g/mol. The molecule has 0 saturated carbocycles. The zero-order chi connectivity index (χ0) is 15.5. The molecular formula is C16H30MoN3. The van der Waals surface area contributed by atoms with Crippen molar-refractivity contribution in [3.8, 4) is 0 Å². The zero-order valence-electron chi connectivity index (χ0n) is 14.2. The van der Waals surface area contributed by atoms with Crippen LogP contribution in [0.3, 0.4) is 0 Å². The van der Waals surface area contributed by atoms with Crippen LogP contribution in [0.1, 0.15) is 27.7 Å². The number of hydrogen-bond acceptors (Lipinski definition) is 3. The summed E-state index contributed by atoms with van der Waals surface area (Å²) in [4.78, 5) is 0. The molecule has 0 radical (unpaired) electrons. The van der Waals surface area contributed by atoms with Gasteiger partial charge in [-0.3, -0.25) is 0 Å². The molecule has 1 N–H and O–H groups in total.